The highest BCUT2D eigenvalue weighted by Gasteiger charge is 2.31. The van der Waals surface area contributed by atoms with E-state index in [0.717, 1.165) is 62.1 Å². The number of aliphatic carboxylic acids is 1. The molecular formula is C52H76N2O6. The van der Waals surface area contributed by atoms with Gasteiger partial charge in [-0.1, -0.05) is 85.4 Å². The first-order valence-corrected chi connectivity index (χ1v) is 22.0. The van der Waals surface area contributed by atoms with Gasteiger partial charge in [-0.15, -0.1) is 0 Å². The van der Waals surface area contributed by atoms with Crippen LogP contribution in [0.25, 0.3) is 21.5 Å². The number of carbonyl (C=O) groups is 2. The van der Waals surface area contributed by atoms with Crippen LogP contribution in [0.3, 0.4) is 0 Å². The fourth-order valence-electron chi connectivity index (χ4n) is 8.82. The molecule has 4 aromatic rings. The second-order valence-electron chi connectivity index (χ2n) is 19.5. The Hall–Kier alpha value is -4.14. The maximum absolute atomic E-state index is 11.3. The van der Waals surface area contributed by atoms with E-state index in [1.165, 1.54) is 65.5 Å². The molecule has 1 N–H and O–H groups in total. The van der Waals surface area contributed by atoms with Crippen molar-refractivity contribution < 1.29 is 28.9 Å². The highest BCUT2D eigenvalue weighted by molar-refractivity contribution is 5.85. The van der Waals surface area contributed by atoms with Crippen LogP contribution in [0.2, 0.25) is 0 Å². The summed E-state index contributed by atoms with van der Waals surface area (Å²) in [4.78, 5) is 26.2. The van der Waals surface area contributed by atoms with E-state index in [4.69, 9.17) is 19.3 Å². The molecule has 0 unspecified atom stereocenters. The molecule has 0 spiro atoms. The van der Waals surface area contributed by atoms with Crippen molar-refractivity contribution in [2.75, 3.05) is 34.3 Å². The van der Waals surface area contributed by atoms with Crippen molar-refractivity contribution in [3.63, 3.8) is 0 Å². The van der Waals surface area contributed by atoms with Gasteiger partial charge in [0.1, 0.15) is 11.5 Å². The molecule has 0 radical (unpaired) electrons. The Morgan fingerprint density at radius 1 is 0.583 bits per heavy atom. The highest BCUT2D eigenvalue weighted by Crippen LogP contribution is 2.40. The molecule has 6 rings (SSSR count). The van der Waals surface area contributed by atoms with Gasteiger partial charge in [0.2, 0.25) is 0 Å². The quantitative estimate of drug-likeness (QED) is 0.126. The SMILES string of the molecule is C.CN(CCC(=O)O)Cc1ccc2cc(OC3CCC(C(C)(C)C)CC3)ccc2c1.COC(=O)CCN(C)Cc1ccc2cc(OC3CCC(C(C)(C)C)CC3)ccc2c1. The lowest BCUT2D eigenvalue weighted by Crippen LogP contribution is -2.30. The minimum Gasteiger partial charge on any atom is -0.490 e. The number of ether oxygens (including phenoxy) is 3. The monoisotopic (exact) mass is 825 g/mol. The molecule has 2 aliphatic rings. The lowest BCUT2D eigenvalue weighted by atomic mass is 9.72. The van der Waals surface area contributed by atoms with Crippen LogP contribution < -0.4 is 9.47 Å². The standard InChI is InChI=1S/C26H37NO3.C25H35NO3.CH4/c1-26(2,3)22-9-12-23(13-10-22)30-24-11-8-20-16-19(6-7-21(20)17-24)18-27(4)15-14-25(28)29-5;1-25(2,3)21-8-11-22(12-9-21)29-23-10-7-19-15-18(5-6-20(19)16-23)17-26(4)14-13-24(27)28;/h6-8,11,16-17,22-23H,9-10,12-15,18H2,1-5H3;5-7,10,15-16,21-22H,8-9,11-14,17H2,1-4H3,(H,27,28);1H4. The predicted octanol–water partition coefficient (Wildman–Crippen LogP) is 12.2. The summed E-state index contributed by atoms with van der Waals surface area (Å²) in [7, 11) is 5.41. The van der Waals surface area contributed by atoms with E-state index in [1.54, 1.807) is 0 Å². The second kappa shape index (κ2) is 22.1. The van der Waals surface area contributed by atoms with E-state index in [-0.39, 0.29) is 19.8 Å². The Labute approximate surface area is 362 Å². The van der Waals surface area contributed by atoms with Gasteiger partial charge in [0.15, 0.2) is 0 Å². The minimum absolute atomic E-state index is 0. The Morgan fingerprint density at radius 3 is 1.32 bits per heavy atom. The third-order valence-electron chi connectivity index (χ3n) is 12.7. The predicted molar refractivity (Wildman–Crippen MR) is 248 cm³/mol. The first-order chi connectivity index (χ1) is 27.9. The molecule has 0 bridgehead atoms. The zero-order chi connectivity index (χ0) is 42.7. The van der Waals surface area contributed by atoms with E-state index >= 15 is 0 Å². The van der Waals surface area contributed by atoms with E-state index in [0.29, 0.717) is 42.5 Å². The molecule has 330 valence electrons. The molecule has 0 heterocycles. The Morgan fingerprint density at radius 2 is 0.950 bits per heavy atom. The average molecular weight is 825 g/mol. The number of methoxy groups -OCH3 is 1. The topological polar surface area (TPSA) is 88.5 Å². The molecule has 2 aliphatic carbocycles. The van der Waals surface area contributed by atoms with Gasteiger partial charge in [-0.3, -0.25) is 9.59 Å². The van der Waals surface area contributed by atoms with Crippen LogP contribution in [0.5, 0.6) is 11.5 Å². The summed E-state index contributed by atoms with van der Waals surface area (Å²) in [6.45, 7) is 16.9. The van der Waals surface area contributed by atoms with Crippen molar-refractivity contribution in [1.29, 1.82) is 0 Å². The number of nitrogens with zero attached hydrogens (tertiary/aromatic N) is 2. The maximum Gasteiger partial charge on any atom is 0.306 e. The zero-order valence-electron chi connectivity index (χ0n) is 37.5. The third kappa shape index (κ3) is 15.1. The second-order valence-corrected chi connectivity index (χ2v) is 19.5. The molecule has 8 heteroatoms. The molecule has 0 saturated heterocycles. The average Bonchev–Trinajstić information content (AvgIpc) is 3.19. The first-order valence-electron chi connectivity index (χ1n) is 22.0. The smallest absolute Gasteiger partial charge is 0.306 e. The maximum atomic E-state index is 11.3. The highest BCUT2D eigenvalue weighted by atomic mass is 16.5. The lowest BCUT2D eigenvalue weighted by Gasteiger charge is -2.37. The molecule has 0 atom stereocenters. The molecule has 60 heavy (non-hydrogen) atoms. The third-order valence-corrected chi connectivity index (χ3v) is 12.7. The van der Waals surface area contributed by atoms with Gasteiger partial charge >= 0.3 is 11.9 Å². The molecule has 2 fully saturated rings. The van der Waals surface area contributed by atoms with Crippen LogP contribution in [-0.2, 0) is 27.4 Å². The first kappa shape index (κ1) is 48.5. The van der Waals surface area contributed by atoms with E-state index < -0.39 is 5.97 Å². The van der Waals surface area contributed by atoms with Crippen molar-refractivity contribution in [3.05, 3.63) is 83.9 Å². The van der Waals surface area contributed by atoms with Gasteiger partial charge in [0.25, 0.3) is 0 Å². The van der Waals surface area contributed by atoms with Gasteiger partial charge in [0, 0.05) is 26.2 Å². The largest absolute Gasteiger partial charge is 0.490 e. The van der Waals surface area contributed by atoms with E-state index in [2.05, 4.69) is 119 Å². The van der Waals surface area contributed by atoms with Gasteiger partial charge in [-0.2, -0.15) is 0 Å². The van der Waals surface area contributed by atoms with Crippen molar-refractivity contribution in [2.45, 2.75) is 138 Å². The van der Waals surface area contributed by atoms with Gasteiger partial charge < -0.3 is 29.1 Å². The number of esters is 1. The summed E-state index contributed by atoms with van der Waals surface area (Å²) in [5, 5.41) is 13.6. The number of rotatable bonds is 14. The molecule has 0 amide bonds. The van der Waals surface area contributed by atoms with Crippen LogP contribution in [0.1, 0.15) is 124 Å². The van der Waals surface area contributed by atoms with Crippen molar-refractivity contribution in [1.82, 2.24) is 9.80 Å². The Kier molecular flexibility index (Phi) is 17.9. The number of hydrogen-bond donors (Lipinski definition) is 1. The van der Waals surface area contributed by atoms with Crippen molar-refractivity contribution in [3.8, 4) is 11.5 Å². The molecule has 4 aromatic carbocycles. The molecule has 0 aromatic heterocycles. The van der Waals surface area contributed by atoms with Crippen LogP contribution in [-0.4, -0.2) is 73.3 Å². The summed E-state index contributed by atoms with van der Waals surface area (Å²) in [5.74, 6) is 2.62. The summed E-state index contributed by atoms with van der Waals surface area (Å²) < 4.78 is 17.4. The number of carbonyl (C=O) groups excluding carboxylic acids is 1. The summed E-state index contributed by atoms with van der Waals surface area (Å²) in [5.41, 5.74) is 3.23. The summed E-state index contributed by atoms with van der Waals surface area (Å²) >= 11 is 0. The molecule has 8 nitrogen and oxygen atoms in total. The van der Waals surface area contributed by atoms with E-state index in [1.807, 2.05) is 19.0 Å². The van der Waals surface area contributed by atoms with Crippen molar-refractivity contribution >= 4 is 33.5 Å². The van der Waals surface area contributed by atoms with Crippen LogP contribution in [0, 0.1) is 22.7 Å². The minimum atomic E-state index is -0.755. The summed E-state index contributed by atoms with van der Waals surface area (Å²) in [6.07, 6.45) is 10.8. The Bertz CT molecular complexity index is 1960. The number of hydrogen-bond acceptors (Lipinski definition) is 7. The van der Waals surface area contributed by atoms with E-state index in [9.17, 15) is 9.59 Å². The van der Waals surface area contributed by atoms with Gasteiger partial charge in [-0.25, -0.2) is 0 Å². The normalized spacial score (nSPS) is 19.6. The van der Waals surface area contributed by atoms with Crippen LogP contribution >= 0.6 is 0 Å². The number of carboxylic acids is 1. The van der Waals surface area contributed by atoms with Gasteiger partial charge in [0.05, 0.1) is 32.2 Å². The fourth-order valence-corrected chi connectivity index (χ4v) is 8.82. The molecule has 2 saturated carbocycles. The number of benzene rings is 4. The summed E-state index contributed by atoms with van der Waals surface area (Å²) in [6, 6.07) is 25.8. The van der Waals surface area contributed by atoms with Crippen molar-refractivity contribution in [2.24, 2.45) is 22.7 Å². The Balaban J connectivity index is 0.000000260. The molecular weight excluding hydrogens is 749 g/mol. The lowest BCUT2D eigenvalue weighted by molar-refractivity contribution is -0.141. The van der Waals surface area contributed by atoms with Crippen LogP contribution in [0.15, 0.2) is 72.8 Å². The van der Waals surface area contributed by atoms with Gasteiger partial charge in [-0.05, 0) is 157 Å². The fraction of sp³-hybridized carbons (Fsp3) is 0.577. The zero-order valence-corrected chi connectivity index (χ0v) is 37.5. The van der Waals surface area contributed by atoms with Crippen LogP contribution in [0.4, 0.5) is 0 Å². The number of carboxylic acid groups (broad SMARTS) is 1. The molecule has 0 aliphatic heterocycles. The number of fused-ring (bicyclic) bond motifs is 2.